The number of aromatic nitrogens is 1. The molecular weight excluding hydrogens is 204 g/mol. The Morgan fingerprint density at radius 1 is 1.50 bits per heavy atom. The lowest BCUT2D eigenvalue weighted by Gasteiger charge is -2.22. The second-order valence-corrected chi connectivity index (χ2v) is 4.17. The molecule has 0 bridgehead atoms. The van der Waals surface area contributed by atoms with Gasteiger partial charge >= 0.3 is 0 Å². The second kappa shape index (κ2) is 5.82. The highest BCUT2D eigenvalue weighted by atomic mass is 16.3. The molecule has 4 heteroatoms. The fraction of sp³-hybridized carbons (Fsp3) is 0.583. The van der Waals surface area contributed by atoms with E-state index in [2.05, 4.69) is 4.98 Å². The lowest BCUT2D eigenvalue weighted by molar-refractivity contribution is 0.187. The highest BCUT2D eigenvalue weighted by molar-refractivity contribution is 5.52. The van der Waals surface area contributed by atoms with Crippen molar-refractivity contribution in [3.63, 3.8) is 0 Å². The van der Waals surface area contributed by atoms with Crippen molar-refractivity contribution in [2.45, 2.75) is 33.0 Å². The molecule has 0 saturated heterocycles. The average molecular weight is 224 g/mol. The van der Waals surface area contributed by atoms with Crippen molar-refractivity contribution in [1.29, 1.82) is 0 Å². The second-order valence-electron chi connectivity index (χ2n) is 4.17. The quantitative estimate of drug-likeness (QED) is 0.786. The minimum absolute atomic E-state index is 0.0123. The van der Waals surface area contributed by atoms with Crippen LogP contribution in [0.4, 0.5) is 5.69 Å². The summed E-state index contributed by atoms with van der Waals surface area (Å²) in [6.07, 6.45) is 2.11. The number of aliphatic hydroxyl groups excluding tert-OH is 2. The molecule has 0 aliphatic heterocycles. The van der Waals surface area contributed by atoms with Crippen molar-refractivity contribution in [2.75, 3.05) is 18.5 Å². The molecule has 0 saturated carbocycles. The zero-order valence-electron chi connectivity index (χ0n) is 10.1. The van der Waals surface area contributed by atoms with Gasteiger partial charge in [0.2, 0.25) is 0 Å². The summed E-state index contributed by atoms with van der Waals surface area (Å²) in [6, 6.07) is 1.95. The number of anilines is 1. The molecule has 16 heavy (non-hydrogen) atoms. The van der Waals surface area contributed by atoms with E-state index in [9.17, 15) is 10.2 Å². The number of aliphatic hydroxyl groups is 2. The maximum atomic E-state index is 9.24. The van der Waals surface area contributed by atoms with Gasteiger partial charge in [-0.05, 0) is 26.3 Å². The molecule has 90 valence electrons. The Balaban J connectivity index is 2.80. The number of nitrogens with zero attached hydrogens (tertiary/aromatic N) is 2. The Morgan fingerprint density at radius 2 is 2.19 bits per heavy atom. The molecule has 1 unspecified atom stereocenters. The largest absolute Gasteiger partial charge is 0.393 e. The van der Waals surface area contributed by atoms with Gasteiger partial charge in [0.15, 0.2) is 0 Å². The first-order valence-corrected chi connectivity index (χ1v) is 5.50. The smallest absolute Gasteiger partial charge is 0.0717 e. The molecule has 1 aromatic rings. The van der Waals surface area contributed by atoms with Crippen molar-refractivity contribution in [3.05, 3.63) is 23.5 Å². The van der Waals surface area contributed by atoms with Gasteiger partial charge in [-0.1, -0.05) is 0 Å². The van der Waals surface area contributed by atoms with Crippen molar-refractivity contribution < 1.29 is 10.2 Å². The third kappa shape index (κ3) is 3.47. The summed E-state index contributed by atoms with van der Waals surface area (Å²) in [4.78, 5) is 6.19. The minimum Gasteiger partial charge on any atom is -0.393 e. The lowest BCUT2D eigenvalue weighted by atomic mass is 10.2. The molecule has 1 atom stereocenters. The van der Waals surface area contributed by atoms with E-state index in [4.69, 9.17) is 0 Å². The third-order valence-electron chi connectivity index (χ3n) is 2.56. The summed E-state index contributed by atoms with van der Waals surface area (Å²) in [6.45, 7) is 4.45. The van der Waals surface area contributed by atoms with Gasteiger partial charge in [0.25, 0.3) is 0 Å². The zero-order valence-corrected chi connectivity index (χ0v) is 10.1. The van der Waals surface area contributed by atoms with Gasteiger partial charge in [-0.25, -0.2) is 0 Å². The Hall–Kier alpha value is -1.13. The highest BCUT2D eigenvalue weighted by Gasteiger charge is 2.08. The number of aryl methyl sites for hydroxylation is 1. The average Bonchev–Trinajstić information content (AvgIpc) is 2.25. The molecule has 0 aromatic carbocycles. The molecular formula is C12H20N2O2. The van der Waals surface area contributed by atoms with Crippen LogP contribution < -0.4 is 4.90 Å². The number of pyridine rings is 1. The van der Waals surface area contributed by atoms with E-state index in [1.54, 1.807) is 13.1 Å². The molecule has 0 fully saturated rings. The first kappa shape index (κ1) is 12.9. The molecule has 0 aliphatic carbocycles. The van der Waals surface area contributed by atoms with Crippen molar-refractivity contribution in [2.24, 2.45) is 0 Å². The van der Waals surface area contributed by atoms with Gasteiger partial charge in [-0.3, -0.25) is 4.98 Å². The van der Waals surface area contributed by atoms with Crippen LogP contribution in [0.3, 0.4) is 0 Å². The molecule has 1 rings (SSSR count). The van der Waals surface area contributed by atoms with Crippen LogP contribution in [0.25, 0.3) is 0 Å². The number of hydrogen-bond acceptors (Lipinski definition) is 4. The van der Waals surface area contributed by atoms with E-state index in [-0.39, 0.29) is 12.7 Å². The molecule has 0 radical (unpaired) electrons. The van der Waals surface area contributed by atoms with Crippen LogP contribution in [-0.4, -0.2) is 34.9 Å². The van der Waals surface area contributed by atoms with E-state index in [0.29, 0.717) is 6.42 Å². The Kier molecular flexibility index (Phi) is 4.71. The summed E-state index contributed by atoms with van der Waals surface area (Å²) in [7, 11) is 1.95. The molecule has 1 aromatic heterocycles. The maximum absolute atomic E-state index is 9.24. The van der Waals surface area contributed by atoms with Crippen LogP contribution in [0.15, 0.2) is 12.3 Å². The topological polar surface area (TPSA) is 56.6 Å². The fourth-order valence-electron chi connectivity index (χ4n) is 1.55. The SMILES string of the molecule is Cc1cc(N(C)CCC(C)O)c(CO)cn1. The van der Waals surface area contributed by atoms with Gasteiger partial charge in [0.05, 0.1) is 12.7 Å². The molecule has 0 spiro atoms. The Labute approximate surface area is 96.6 Å². The van der Waals surface area contributed by atoms with Gasteiger partial charge in [0, 0.05) is 36.7 Å². The zero-order chi connectivity index (χ0) is 12.1. The van der Waals surface area contributed by atoms with E-state index in [0.717, 1.165) is 23.5 Å². The predicted molar refractivity (Wildman–Crippen MR) is 64.5 cm³/mol. The Bertz CT molecular complexity index is 340. The van der Waals surface area contributed by atoms with Gasteiger partial charge in [-0.15, -0.1) is 0 Å². The van der Waals surface area contributed by atoms with Crippen LogP contribution in [-0.2, 0) is 6.61 Å². The van der Waals surface area contributed by atoms with Crippen LogP contribution in [0.5, 0.6) is 0 Å². The van der Waals surface area contributed by atoms with Crippen LogP contribution in [0.1, 0.15) is 24.6 Å². The first-order chi connectivity index (χ1) is 7.54. The molecule has 1 heterocycles. The summed E-state index contributed by atoms with van der Waals surface area (Å²) in [5, 5.41) is 18.5. The van der Waals surface area contributed by atoms with Crippen molar-refractivity contribution >= 4 is 5.69 Å². The first-order valence-electron chi connectivity index (χ1n) is 5.50. The third-order valence-corrected chi connectivity index (χ3v) is 2.56. The summed E-state index contributed by atoms with van der Waals surface area (Å²) in [5.74, 6) is 0. The van der Waals surface area contributed by atoms with Gasteiger partial charge in [0.1, 0.15) is 0 Å². The number of rotatable bonds is 5. The normalized spacial score (nSPS) is 12.6. The van der Waals surface area contributed by atoms with E-state index >= 15 is 0 Å². The summed E-state index contributed by atoms with van der Waals surface area (Å²) in [5.41, 5.74) is 2.73. The van der Waals surface area contributed by atoms with Crippen LogP contribution in [0.2, 0.25) is 0 Å². The standard InChI is InChI=1S/C12H20N2O2/c1-9-6-12(11(8-15)7-13-9)14(3)5-4-10(2)16/h6-7,10,15-16H,4-5,8H2,1-3H3. The number of hydrogen-bond donors (Lipinski definition) is 2. The highest BCUT2D eigenvalue weighted by Crippen LogP contribution is 2.20. The van der Waals surface area contributed by atoms with E-state index in [1.807, 2.05) is 24.9 Å². The molecule has 2 N–H and O–H groups in total. The monoisotopic (exact) mass is 224 g/mol. The minimum atomic E-state index is -0.303. The van der Waals surface area contributed by atoms with Crippen LogP contribution in [0, 0.1) is 6.92 Å². The van der Waals surface area contributed by atoms with Crippen LogP contribution >= 0.6 is 0 Å². The van der Waals surface area contributed by atoms with E-state index < -0.39 is 0 Å². The van der Waals surface area contributed by atoms with Crippen molar-refractivity contribution in [1.82, 2.24) is 4.98 Å². The summed E-state index contributed by atoms with van der Waals surface area (Å²) < 4.78 is 0. The van der Waals surface area contributed by atoms with E-state index in [1.165, 1.54) is 0 Å². The summed E-state index contributed by atoms with van der Waals surface area (Å²) >= 11 is 0. The van der Waals surface area contributed by atoms with Gasteiger partial charge in [-0.2, -0.15) is 0 Å². The molecule has 0 aliphatic rings. The van der Waals surface area contributed by atoms with Crippen molar-refractivity contribution in [3.8, 4) is 0 Å². The molecule has 4 nitrogen and oxygen atoms in total. The predicted octanol–water partition coefficient (Wildman–Crippen LogP) is 1.09. The molecule has 0 amide bonds. The lowest BCUT2D eigenvalue weighted by Crippen LogP contribution is -2.23. The maximum Gasteiger partial charge on any atom is 0.0717 e. The fourth-order valence-corrected chi connectivity index (χ4v) is 1.55. The van der Waals surface area contributed by atoms with Gasteiger partial charge < -0.3 is 15.1 Å². The Morgan fingerprint density at radius 3 is 2.75 bits per heavy atom.